The van der Waals surface area contributed by atoms with Crippen LogP contribution in [0.3, 0.4) is 0 Å². The van der Waals surface area contributed by atoms with Crippen molar-refractivity contribution in [3.8, 4) is 0 Å². The first kappa shape index (κ1) is 6.53. The van der Waals surface area contributed by atoms with Gasteiger partial charge >= 0.3 is 0 Å². The molecule has 0 aliphatic carbocycles. The van der Waals surface area contributed by atoms with E-state index in [1.165, 1.54) is 0 Å². The summed E-state index contributed by atoms with van der Waals surface area (Å²) in [6.07, 6.45) is -3.25. The van der Waals surface area contributed by atoms with Crippen LogP contribution in [0.5, 0.6) is 0 Å². The van der Waals surface area contributed by atoms with Gasteiger partial charge in [0.15, 0.2) is 0 Å². The molecule has 0 saturated carbocycles. The predicted octanol–water partition coefficient (Wildman–Crippen LogP) is 2.12. The second-order valence-electron chi connectivity index (χ2n) is 1.13. The minimum atomic E-state index is -1.96. The van der Waals surface area contributed by atoms with Crippen LogP contribution in [0.25, 0.3) is 0 Å². The summed E-state index contributed by atoms with van der Waals surface area (Å²) >= 11 is 0. The highest BCUT2D eigenvalue weighted by molar-refractivity contribution is 4.85. The Balaban J connectivity index is 3.45. The molecule has 0 nitrogen and oxygen atoms in total. The molecule has 0 aromatic heterocycles. The van der Waals surface area contributed by atoms with Crippen molar-refractivity contribution < 1.29 is 13.2 Å². The third-order valence-corrected chi connectivity index (χ3v) is 0.356. The van der Waals surface area contributed by atoms with Crippen molar-refractivity contribution in [1.29, 1.82) is 0 Å². The van der Waals surface area contributed by atoms with Crippen molar-refractivity contribution in [1.82, 2.24) is 0 Å². The first-order chi connectivity index (χ1) is 3.13. The van der Waals surface area contributed by atoms with Crippen molar-refractivity contribution in [3.05, 3.63) is 12.2 Å². The lowest BCUT2D eigenvalue weighted by Gasteiger charge is -1.83. The number of rotatable bonds is 1. The molecule has 0 radical (unpaired) electrons. The van der Waals surface area contributed by atoms with Gasteiger partial charge in [0.2, 0.25) is 0 Å². The van der Waals surface area contributed by atoms with Crippen molar-refractivity contribution in [2.75, 3.05) is 0 Å². The van der Waals surface area contributed by atoms with Gasteiger partial charge in [0.1, 0.15) is 6.17 Å². The Morgan fingerprint density at radius 2 is 2.00 bits per heavy atom. The second kappa shape index (κ2) is 2.66. The molecule has 7 heavy (non-hydrogen) atoms. The van der Waals surface area contributed by atoms with Crippen molar-refractivity contribution in [2.24, 2.45) is 0 Å². The minimum Gasteiger partial charge on any atom is -0.243 e. The third kappa shape index (κ3) is 5.53. The van der Waals surface area contributed by atoms with Gasteiger partial charge in [-0.05, 0) is 6.92 Å². The van der Waals surface area contributed by atoms with Crippen molar-refractivity contribution >= 4 is 0 Å². The third-order valence-electron chi connectivity index (χ3n) is 0.356. The largest absolute Gasteiger partial charge is 0.269 e. The molecule has 1 unspecified atom stereocenters. The molecule has 0 aliphatic rings. The summed E-state index contributed by atoms with van der Waals surface area (Å²) in [5, 5.41) is 0. The fourth-order valence-electron chi connectivity index (χ4n) is 0.174. The molecule has 0 amide bonds. The van der Waals surface area contributed by atoms with Gasteiger partial charge in [-0.1, -0.05) is 0 Å². The van der Waals surface area contributed by atoms with Gasteiger partial charge in [-0.3, -0.25) is 0 Å². The molecule has 0 aromatic rings. The van der Waals surface area contributed by atoms with Gasteiger partial charge in [-0.15, -0.1) is 0 Å². The van der Waals surface area contributed by atoms with E-state index in [9.17, 15) is 13.2 Å². The Morgan fingerprint density at radius 3 is 2.00 bits per heavy atom. The van der Waals surface area contributed by atoms with E-state index >= 15 is 0 Å². The Labute approximate surface area is 39.6 Å². The molecule has 0 aromatic carbocycles. The Kier molecular flexibility index (Phi) is 2.48. The smallest absolute Gasteiger partial charge is 0.243 e. The van der Waals surface area contributed by atoms with E-state index in [0.29, 0.717) is 0 Å². The molecule has 0 rings (SSSR count). The first-order valence-corrected chi connectivity index (χ1v) is 1.80. The van der Waals surface area contributed by atoms with Gasteiger partial charge in [0, 0.05) is 6.08 Å². The highest BCUT2D eigenvalue weighted by atomic mass is 19.3. The summed E-state index contributed by atoms with van der Waals surface area (Å²) < 4.78 is 33.2. The summed E-state index contributed by atoms with van der Waals surface area (Å²) in [6, 6.07) is 0. The standard InChI is InChI=1S/C4H5F3/c1-3(5)2-4(6)7/h2-3H,1H3. The summed E-state index contributed by atoms with van der Waals surface area (Å²) in [7, 11) is 0. The average Bonchev–Trinajstić information content (AvgIpc) is 1.27. The van der Waals surface area contributed by atoms with E-state index in [1.807, 2.05) is 0 Å². The zero-order valence-electron chi connectivity index (χ0n) is 3.79. The Bertz CT molecular complexity index is 71.0. The molecular weight excluding hydrogens is 105 g/mol. The molecule has 0 spiro atoms. The molecule has 0 aliphatic heterocycles. The summed E-state index contributed by atoms with van der Waals surface area (Å²) in [6.45, 7) is 1.04. The summed E-state index contributed by atoms with van der Waals surface area (Å²) in [4.78, 5) is 0. The minimum absolute atomic E-state index is 0.250. The topological polar surface area (TPSA) is 0 Å². The lowest BCUT2D eigenvalue weighted by Crippen LogP contribution is -1.82. The monoisotopic (exact) mass is 110 g/mol. The van der Waals surface area contributed by atoms with Crippen LogP contribution < -0.4 is 0 Å². The Hall–Kier alpha value is -0.470. The second-order valence-corrected chi connectivity index (χ2v) is 1.13. The number of alkyl halides is 1. The van der Waals surface area contributed by atoms with Crippen LogP contribution >= 0.6 is 0 Å². The van der Waals surface area contributed by atoms with Gasteiger partial charge < -0.3 is 0 Å². The molecule has 42 valence electrons. The van der Waals surface area contributed by atoms with E-state index in [1.54, 1.807) is 0 Å². The fourth-order valence-corrected chi connectivity index (χ4v) is 0.174. The lowest BCUT2D eigenvalue weighted by molar-refractivity contribution is 0.377. The van der Waals surface area contributed by atoms with Crippen molar-refractivity contribution in [3.63, 3.8) is 0 Å². The van der Waals surface area contributed by atoms with Crippen LogP contribution in [0.2, 0.25) is 0 Å². The van der Waals surface area contributed by atoms with Gasteiger partial charge in [0.05, 0.1) is 0 Å². The maximum atomic E-state index is 11.4. The quantitative estimate of drug-likeness (QED) is 0.485. The molecule has 3 heteroatoms. The number of halogens is 3. The number of hydrogen-bond donors (Lipinski definition) is 0. The van der Waals surface area contributed by atoms with Crippen LogP contribution in [0.15, 0.2) is 12.2 Å². The predicted molar refractivity (Wildman–Crippen MR) is 20.9 cm³/mol. The first-order valence-electron chi connectivity index (χ1n) is 1.80. The fraction of sp³-hybridized carbons (Fsp3) is 0.500. The van der Waals surface area contributed by atoms with Gasteiger partial charge in [0.25, 0.3) is 6.08 Å². The zero-order chi connectivity index (χ0) is 5.86. The summed E-state index contributed by atoms with van der Waals surface area (Å²) in [5.74, 6) is 0. The van der Waals surface area contributed by atoms with Crippen LogP contribution in [-0.2, 0) is 0 Å². The van der Waals surface area contributed by atoms with Gasteiger partial charge in [-0.25, -0.2) is 4.39 Å². The molecule has 0 saturated heterocycles. The van der Waals surface area contributed by atoms with Crippen molar-refractivity contribution in [2.45, 2.75) is 13.1 Å². The van der Waals surface area contributed by atoms with E-state index in [4.69, 9.17) is 0 Å². The number of hydrogen-bond acceptors (Lipinski definition) is 0. The molecular formula is C4H5F3. The molecule has 0 fully saturated rings. The Morgan fingerprint density at radius 1 is 1.57 bits per heavy atom. The lowest BCUT2D eigenvalue weighted by atomic mass is 10.4. The normalized spacial score (nSPS) is 13.1. The number of allylic oxidation sites excluding steroid dienone is 1. The summed E-state index contributed by atoms with van der Waals surface area (Å²) in [5.41, 5.74) is 0. The SMILES string of the molecule is CC(F)C=C(F)F. The highest BCUT2D eigenvalue weighted by Gasteiger charge is 1.93. The zero-order valence-corrected chi connectivity index (χ0v) is 3.79. The molecule has 1 atom stereocenters. The molecule has 0 bridgehead atoms. The average molecular weight is 110 g/mol. The maximum Gasteiger partial charge on any atom is 0.269 e. The highest BCUT2D eigenvalue weighted by Crippen LogP contribution is 2.00. The molecule has 0 heterocycles. The van der Waals surface area contributed by atoms with E-state index in [0.717, 1.165) is 6.92 Å². The van der Waals surface area contributed by atoms with Crippen LogP contribution in [0.4, 0.5) is 13.2 Å². The van der Waals surface area contributed by atoms with E-state index in [-0.39, 0.29) is 6.08 Å². The van der Waals surface area contributed by atoms with Crippen LogP contribution in [0, 0.1) is 0 Å². The molecule has 0 N–H and O–H groups in total. The van der Waals surface area contributed by atoms with E-state index < -0.39 is 12.3 Å². The maximum absolute atomic E-state index is 11.4. The van der Waals surface area contributed by atoms with Gasteiger partial charge in [-0.2, -0.15) is 8.78 Å². The van der Waals surface area contributed by atoms with Crippen LogP contribution in [0.1, 0.15) is 6.92 Å². The van der Waals surface area contributed by atoms with Crippen LogP contribution in [-0.4, -0.2) is 6.17 Å². The van der Waals surface area contributed by atoms with E-state index in [2.05, 4.69) is 0 Å².